The van der Waals surface area contributed by atoms with E-state index >= 15 is 0 Å². The van der Waals surface area contributed by atoms with Crippen LogP contribution < -0.4 is 16.4 Å². The van der Waals surface area contributed by atoms with Crippen molar-refractivity contribution in [3.8, 4) is 0 Å². The van der Waals surface area contributed by atoms with Crippen LogP contribution in [-0.4, -0.2) is 42.9 Å². The summed E-state index contributed by atoms with van der Waals surface area (Å²) >= 11 is 0. The predicted octanol–water partition coefficient (Wildman–Crippen LogP) is 4.03. The van der Waals surface area contributed by atoms with Crippen LogP contribution in [0.5, 0.6) is 0 Å². The second kappa shape index (κ2) is 13.7. The molecule has 1 amide bonds. The molecule has 7 heteroatoms. The third-order valence-electron chi connectivity index (χ3n) is 6.32. The van der Waals surface area contributed by atoms with E-state index in [1.165, 1.54) is 16.7 Å². The predicted molar refractivity (Wildman–Crippen MR) is 151 cm³/mol. The Bertz CT molecular complexity index is 932. The van der Waals surface area contributed by atoms with E-state index in [-0.39, 0.29) is 41.2 Å². The SMILES string of the molecule is CCNC(=NCc1cccc(CN2CCCC(C(N)=O)C2)c1)NCC(C)(C)c1ccccc1.I. The van der Waals surface area contributed by atoms with Gasteiger partial charge in [0.15, 0.2) is 5.96 Å². The van der Waals surface area contributed by atoms with Crippen LogP contribution in [-0.2, 0) is 23.3 Å². The molecular formula is C27H40IN5O. The van der Waals surface area contributed by atoms with Crippen LogP contribution in [0.1, 0.15) is 50.3 Å². The van der Waals surface area contributed by atoms with Crippen LogP contribution in [0.3, 0.4) is 0 Å². The fourth-order valence-electron chi connectivity index (χ4n) is 4.32. The molecule has 186 valence electrons. The second-order valence-electron chi connectivity index (χ2n) is 9.60. The van der Waals surface area contributed by atoms with Crippen LogP contribution in [0.2, 0.25) is 0 Å². The lowest BCUT2D eigenvalue weighted by atomic mass is 9.85. The zero-order valence-electron chi connectivity index (χ0n) is 20.7. The van der Waals surface area contributed by atoms with Crippen molar-refractivity contribution in [2.24, 2.45) is 16.6 Å². The van der Waals surface area contributed by atoms with Gasteiger partial charge < -0.3 is 16.4 Å². The van der Waals surface area contributed by atoms with Crippen molar-refractivity contribution < 1.29 is 4.79 Å². The number of hydrogen-bond acceptors (Lipinski definition) is 3. The highest BCUT2D eigenvalue weighted by Gasteiger charge is 2.24. The first-order chi connectivity index (χ1) is 15.9. The van der Waals surface area contributed by atoms with Crippen molar-refractivity contribution in [1.29, 1.82) is 0 Å². The summed E-state index contributed by atoms with van der Waals surface area (Å²) in [4.78, 5) is 18.7. The molecule has 2 aromatic carbocycles. The molecule has 4 N–H and O–H groups in total. The zero-order chi connectivity index (χ0) is 23.7. The summed E-state index contributed by atoms with van der Waals surface area (Å²) in [6.07, 6.45) is 1.93. The van der Waals surface area contributed by atoms with Crippen LogP contribution in [0, 0.1) is 5.92 Å². The highest BCUT2D eigenvalue weighted by molar-refractivity contribution is 14.0. The lowest BCUT2D eigenvalue weighted by molar-refractivity contribution is -0.123. The molecule has 1 saturated heterocycles. The van der Waals surface area contributed by atoms with E-state index in [2.05, 4.69) is 84.8 Å². The monoisotopic (exact) mass is 577 g/mol. The molecule has 0 spiro atoms. The fourth-order valence-corrected chi connectivity index (χ4v) is 4.32. The number of halogens is 1. The Hall–Kier alpha value is -2.13. The lowest BCUT2D eigenvalue weighted by Gasteiger charge is -2.31. The molecule has 3 rings (SSSR count). The largest absolute Gasteiger partial charge is 0.369 e. The van der Waals surface area contributed by atoms with Gasteiger partial charge in [-0.2, -0.15) is 0 Å². The van der Waals surface area contributed by atoms with Gasteiger partial charge in [-0.3, -0.25) is 9.69 Å². The number of likely N-dealkylation sites (tertiary alicyclic amines) is 1. The molecule has 0 aromatic heterocycles. The topological polar surface area (TPSA) is 82.8 Å². The minimum absolute atomic E-state index is 0. The number of amides is 1. The Morgan fingerprint density at radius 2 is 1.85 bits per heavy atom. The highest BCUT2D eigenvalue weighted by atomic mass is 127. The number of aliphatic imine (C=N–C) groups is 1. The number of guanidine groups is 1. The first-order valence-corrected chi connectivity index (χ1v) is 12.0. The van der Waals surface area contributed by atoms with Crippen LogP contribution >= 0.6 is 24.0 Å². The lowest BCUT2D eigenvalue weighted by Crippen LogP contribution is -2.43. The molecule has 0 saturated carbocycles. The maximum atomic E-state index is 11.6. The quantitative estimate of drug-likeness (QED) is 0.239. The van der Waals surface area contributed by atoms with Gasteiger partial charge in [-0.25, -0.2) is 4.99 Å². The number of nitrogens with two attached hydrogens (primary N) is 1. The first-order valence-electron chi connectivity index (χ1n) is 12.0. The Morgan fingerprint density at radius 3 is 2.56 bits per heavy atom. The number of carbonyl (C=O) groups excluding carboxylic acids is 1. The van der Waals surface area contributed by atoms with E-state index in [0.717, 1.165) is 51.5 Å². The molecule has 1 aliphatic heterocycles. The Labute approximate surface area is 221 Å². The van der Waals surface area contributed by atoms with Gasteiger partial charge in [0.2, 0.25) is 5.91 Å². The van der Waals surface area contributed by atoms with E-state index in [4.69, 9.17) is 10.7 Å². The summed E-state index contributed by atoms with van der Waals surface area (Å²) in [6.45, 7) is 11.4. The number of piperidine rings is 1. The van der Waals surface area contributed by atoms with Gasteiger partial charge in [-0.15, -0.1) is 24.0 Å². The standard InChI is InChI=1S/C27H39N5O.HI/c1-4-29-26(31-20-27(2,3)24-13-6-5-7-14-24)30-17-21-10-8-11-22(16-21)18-32-15-9-12-23(19-32)25(28)33;/h5-8,10-11,13-14,16,23H,4,9,12,15,17-20H2,1-3H3,(H2,28,33)(H2,29,30,31);1H. The second-order valence-corrected chi connectivity index (χ2v) is 9.60. The van der Waals surface area contributed by atoms with Gasteiger partial charge >= 0.3 is 0 Å². The Kier molecular flexibility index (Phi) is 11.3. The summed E-state index contributed by atoms with van der Waals surface area (Å²) in [7, 11) is 0. The van der Waals surface area contributed by atoms with Crippen LogP contribution in [0.25, 0.3) is 0 Å². The number of rotatable bonds is 9. The molecule has 1 atom stereocenters. The Balaban J connectivity index is 0.00000408. The van der Waals surface area contributed by atoms with E-state index in [1.54, 1.807) is 0 Å². The summed E-state index contributed by atoms with van der Waals surface area (Å²) in [5.41, 5.74) is 9.25. The average Bonchev–Trinajstić information content (AvgIpc) is 2.82. The molecule has 1 heterocycles. The molecule has 34 heavy (non-hydrogen) atoms. The van der Waals surface area contributed by atoms with Gasteiger partial charge in [-0.05, 0) is 43.0 Å². The number of nitrogens with one attached hydrogen (secondary N) is 2. The maximum absolute atomic E-state index is 11.6. The van der Waals surface area contributed by atoms with Crippen LogP contribution in [0.4, 0.5) is 0 Å². The van der Waals surface area contributed by atoms with Crippen molar-refractivity contribution in [2.45, 2.75) is 52.1 Å². The van der Waals surface area contributed by atoms with Crippen molar-refractivity contribution in [3.05, 3.63) is 71.3 Å². The highest BCUT2D eigenvalue weighted by Crippen LogP contribution is 2.22. The number of nitrogens with zero attached hydrogens (tertiary/aromatic N) is 2. The maximum Gasteiger partial charge on any atom is 0.221 e. The number of primary amides is 1. The first kappa shape index (κ1) is 28.1. The van der Waals surface area contributed by atoms with Gasteiger partial charge in [-0.1, -0.05) is 68.4 Å². The zero-order valence-corrected chi connectivity index (χ0v) is 23.0. The minimum Gasteiger partial charge on any atom is -0.369 e. The van der Waals surface area contributed by atoms with Crippen molar-refractivity contribution in [3.63, 3.8) is 0 Å². The molecule has 1 aliphatic rings. The van der Waals surface area contributed by atoms with Gasteiger partial charge in [0.25, 0.3) is 0 Å². The summed E-state index contributed by atoms with van der Waals surface area (Å²) < 4.78 is 0. The number of hydrogen-bond donors (Lipinski definition) is 3. The minimum atomic E-state index is -0.179. The average molecular weight is 578 g/mol. The fraction of sp³-hybridized carbons (Fsp3) is 0.481. The smallest absolute Gasteiger partial charge is 0.221 e. The van der Waals surface area contributed by atoms with E-state index in [9.17, 15) is 4.79 Å². The third kappa shape index (κ3) is 8.58. The number of benzene rings is 2. The summed E-state index contributed by atoms with van der Waals surface area (Å²) in [5.74, 6) is 0.620. The number of carbonyl (C=O) groups is 1. The summed E-state index contributed by atoms with van der Waals surface area (Å²) in [5, 5.41) is 6.87. The summed E-state index contributed by atoms with van der Waals surface area (Å²) in [6, 6.07) is 19.1. The third-order valence-corrected chi connectivity index (χ3v) is 6.32. The van der Waals surface area contributed by atoms with E-state index in [0.29, 0.717) is 6.54 Å². The van der Waals surface area contributed by atoms with Crippen molar-refractivity contribution in [2.75, 3.05) is 26.2 Å². The van der Waals surface area contributed by atoms with E-state index in [1.807, 2.05) is 6.07 Å². The normalized spacial score (nSPS) is 17.0. The van der Waals surface area contributed by atoms with Crippen LogP contribution in [0.15, 0.2) is 59.6 Å². The molecule has 1 fully saturated rings. The molecule has 0 bridgehead atoms. The molecule has 1 unspecified atom stereocenters. The Morgan fingerprint density at radius 1 is 1.12 bits per heavy atom. The van der Waals surface area contributed by atoms with Crippen molar-refractivity contribution in [1.82, 2.24) is 15.5 Å². The van der Waals surface area contributed by atoms with Gasteiger partial charge in [0.05, 0.1) is 12.5 Å². The molecule has 2 aromatic rings. The molecule has 0 aliphatic carbocycles. The molecule has 6 nitrogen and oxygen atoms in total. The van der Waals surface area contributed by atoms with Crippen molar-refractivity contribution >= 4 is 35.8 Å². The van der Waals surface area contributed by atoms with E-state index < -0.39 is 0 Å². The molecule has 0 radical (unpaired) electrons. The molecular weight excluding hydrogens is 537 g/mol. The van der Waals surface area contributed by atoms with Gasteiger partial charge in [0, 0.05) is 31.6 Å². The van der Waals surface area contributed by atoms with Gasteiger partial charge in [0.1, 0.15) is 0 Å².